The van der Waals surface area contributed by atoms with Gasteiger partial charge in [-0.05, 0) is 80.1 Å². The van der Waals surface area contributed by atoms with E-state index >= 15 is 0 Å². The van der Waals surface area contributed by atoms with Gasteiger partial charge in [0.05, 0.1) is 17.5 Å². The largest absolute Gasteiger partial charge is 0.459 e. The lowest BCUT2D eigenvalue weighted by Crippen LogP contribution is -2.40. The molecule has 186 valence electrons. The Labute approximate surface area is 218 Å². The van der Waals surface area contributed by atoms with Gasteiger partial charge in [-0.3, -0.25) is 9.69 Å². The molecule has 2 aromatic heterocycles. The zero-order valence-electron chi connectivity index (χ0n) is 20.0. The predicted octanol–water partition coefficient (Wildman–Crippen LogP) is 5.54. The van der Waals surface area contributed by atoms with Crippen molar-refractivity contribution in [3.8, 4) is 23.0 Å². The third kappa shape index (κ3) is 4.91. The van der Waals surface area contributed by atoms with Gasteiger partial charge in [0.25, 0.3) is 0 Å². The molecule has 0 amide bonds. The average molecular weight is 515 g/mol. The molecule has 1 N–H and O–H groups in total. The van der Waals surface area contributed by atoms with Crippen LogP contribution in [0.25, 0.3) is 22.1 Å². The Hall–Kier alpha value is -3.50. The Morgan fingerprint density at radius 2 is 1.92 bits per heavy atom. The fourth-order valence-electron chi connectivity index (χ4n) is 5.11. The second-order valence-corrected chi connectivity index (χ2v) is 10.3. The lowest BCUT2D eigenvalue weighted by Gasteiger charge is -2.28. The van der Waals surface area contributed by atoms with Gasteiger partial charge in [-0.25, -0.2) is 9.37 Å². The van der Waals surface area contributed by atoms with E-state index in [4.69, 9.17) is 16.0 Å². The maximum Gasteiger partial charge on any atom is 0.193 e. The van der Waals surface area contributed by atoms with Crippen molar-refractivity contribution in [2.24, 2.45) is 0 Å². The van der Waals surface area contributed by atoms with Crippen LogP contribution < -0.4 is 5.43 Å². The third-order valence-corrected chi connectivity index (χ3v) is 7.48. The topological polar surface area (TPSA) is 66.6 Å². The number of halogens is 2. The molecular formula is C30H24ClFN2O3. The summed E-state index contributed by atoms with van der Waals surface area (Å²) in [5, 5.41) is 11.6. The van der Waals surface area contributed by atoms with Gasteiger partial charge in [-0.1, -0.05) is 29.7 Å². The molecule has 0 bridgehead atoms. The van der Waals surface area contributed by atoms with E-state index in [1.54, 1.807) is 48.7 Å². The summed E-state index contributed by atoms with van der Waals surface area (Å²) in [6.45, 7) is 1.38. The van der Waals surface area contributed by atoms with Gasteiger partial charge in [0.1, 0.15) is 17.0 Å². The maximum atomic E-state index is 14.7. The van der Waals surface area contributed by atoms with Gasteiger partial charge in [0, 0.05) is 34.5 Å². The van der Waals surface area contributed by atoms with Crippen LogP contribution in [0, 0.1) is 17.7 Å². The van der Waals surface area contributed by atoms with Crippen LogP contribution in [0.4, 0.5) is 4.39 Å². The second kappa shape index (κ2) is 9.42. The van der Waals surface area contributed by atoms with E-state index in [0.717, 1.165) is 37.8 Å². The summed E-state index contributed by atoms with van der Waals surface area (Å²) in [5.41, 5.74) is 1.77. The summed E-state index contributed by atoms with van der Waals surface area (Å²) in [6, 6.07) is 15.2. The number of fused-ring (bicyclic) bond motifs is 1. The van der Waals surface area contributed by atoms with Crippen molar-refractivity contribution < 1.29 is 13.9 Å². The van der Waals surface area contributed by atoms with E-state index in [0.29, 0.717) is 39.4 Å². The molecular weight excluding hydrogens is 491 g/mol. The van der Waals surface area contributed by atoms with Gasteiger partial charge in [0.15, 0.2) is 11.2 Å². The number of aliphatic hydroxyl groups is 1. The molecule has 2 aliphatic rings. The Balaban J connectivity index is 1.22. The molecule has 0 spiro atoms. The number of hydrogen-bond acceptors (Lipinski definition) is 5. The summed E-state index contributed by atoms with van der Waals surface area (Å²) in [5.74, 6) is 5.73. The fraction of sp³-hybridized carbons (Fsp3) is 0.267. The summed E-state index contributed by atoms with van der Waals surface area (Å²) in [4.78, 5) is 19.3. The van der Waals surface area contributed by atoms with E-state index in [2.05, 4.69) is 21.7 Å². The summed E-state index contributed by atoms with van der Waals surface area (Å²) in [7, 11) is 0. The van der Waals surface area contributed by atoms with Crippen LogP contribution in [0.1, 0.15) is 42.7 Å². The minimum Gasteiger partial charge on any atom is -0.459 e. The van der Waals surface area contributed by atoms with Crippen LogP contribution in [0.3, 0.4) is 0 Å². The number of benzene rings is 2. The quantitative estimate of drug-likeness (QED) is 0.362. The normalized spacial score (nSPS) is 18.5. The summed E-state index contributed by atoms with van der Waals surface area (Å²) in [6.07, 6.45) is 5.25. The Kier molecular flexibility index (Phi) is 6.08. The molecule has 2 aromatic carbocycles. The molecule has 4 aromatic rings. The zero-order valence-corrected chi connectivity index (χ0v) is 20.8. The standard InChI is InChI=1S/C30H24ClFN2O3/c31-22-7-5-20(6-8-22)21-15-25(32)26(33-17-21)9-3-19-4-10-28-24(14-19)27(35)16-23(37-28)18-34-13-1-2-29(34)30(36)11-12-30/h4-8,10,14-17,29,36H,1-2,11-13,18H2/t29-/m0/s1. The van der Waals surface area contributed by atoms with Crippen LogP contribution in [-0.4, -0.2) is 33.2 Å². The van der Waals surface area contributed by atoms with Crippen molar-refractivity contribution in [3.63, 3.8) is 0 Å². The highest BCUT2D eigenvalue weighted by Gasteiger charge is 2.51. The third-order valence-electron chi connectivity index (χ3n) is 7.23. The summed E-state index contributed by atoms with van der Waals surface area (Å²) < 4.78 is 20.7. The molecule has 1 atom stereocenters. The Bertz CT molecular complexity index is 1620. The van der Waals surface area contributed by atoms with E-state index in [-0.39, 0.29) is 17.2 Å². The van der Waals surface area contributed by atoms with Gasteiger partial charge < -0.3 is 9.52 Å². The van der Waals surface area contributed by atoms with E-state index in [9.17, 15) is 14.3 Å². The molecule has 2 fully saturated rings. The molecule has 1 saturated carbocycles. The Morgan fingerprint density at radius 1 is 1.11 bits per heavy atom. The molecule has 7 heteroatoms. The average Bonchev–Trinajstić information content (AvgIpc) is 3.45. The molecule has 1 aliphatic heterocycles. The maximum absolute atomic E-state index is 14.7. The number of aromatic nitrogens is 1. The molecule has 6 rings (SSSR count). The van der Waals surface area contributed by atoms with Gasteiger partial charge in [0.2, 0.25) is 0 Å². The van der Waals surface area contributed by atoms with Gasteiger partial charge >= 0.3 is 0 Å². The number of likely N-dealkylation sites (tertiary alicyclic amines) is 1. The molecule has 3 heterocycles. The molecule has 5 nitrogen and oxygen atoms in total. The van der Waals surface area contributed by atoms with Gasteiger partial charge in [-0.15, -0.1) is 0 Å². The van der Waals surface area contributed by atoms with Crippen LogP contribution in [0.2, 0.25) is 5.02 Å². The first kappa shape index (κ1) is 23.9. The zero-order chi connectivity index (χ0) is 25.6. The monoisotopic (exact) mass is 514 g/mol. The van der Waals surface area contributed by atoms with Crippen molar-refractivity contribution >= 4 is 22.6 Å². The lowest BCUT2D eigenvalue weighted by molar-refractivity contribution is 0.0454. The number of hydrogen-bond donors (Lipinski definition) is 1. The molecule has 0 radical (unpaired) electrons. The molecule has 1 saturated heterocycles. The smallest absolute Gasteiger partial charge is 0.193 e. The highest BCUT2D eigenvalue weighted by Crippen LogP contribution is 2.45. The van der Waals surface area contributed by atoms with Gasteiger partial charge in [-0.2, -0.15) is 0 Å². The molecule has 37 heavy (non-hydrogen) atoms. The number of rotatable bonds is 4. The minimum atomic E-state index is -0.578. The minimum absolute atomic E-state index is 0.0256. The van der Waals surface area contributed by atoms with Crippen molar-refractivity contribution in [2.45, 2.75) is 43.9 Å². The first-order valence-electron chi connectivity index (χ1n) is 12.3. The Morgan fingerprint density at radius 3 is 2.68 bits per heavy atom. The first-order valence-corrected chi connectivity index (χ1v) is 12.7. The highest BCUT2D eigenvalue weighted by molar-refractivity contribution is 6.30. The summed E-state index contributed by atoms with van der Waals surface area (Å²) >= 11 is 5.92. The lowest BCUT2D eigenvalue weighted by atomic mass is 10.1. The van der Waals surface area contributed by atoms with Crippen molar-refractivity contribution in [1.82, 2.24) is 9.88 Å². The molecule has 0 unspecified atom stereocenters. The van der Waals surface area contributed by atoms with Crippen molar-refractivity contribution in [3.05, 3.63) is 98.9 Å². The van der Waals surface area contributed by atoms with E-state index in [1.807, 2.05) is 0 Å². The van der Waals surface area contributed by atoms with E-state index in [1.165, 1.54) is 12.1 Å². The SMILES string of the molecule is O=c1cc(CN2CCC[C@H]2C2(O)CC2)oc2ccc(C#Cc3ncc(-c4ccc(Cl)cc4)cc3F)cc12. The van der Waals surface area contributed by atoms with Crippen LogP contribution in [-0.2, 0) is 6.54 Å². The first-order chi connectivity index (χ1) is 17.9. The van der Waals surface area contributed by atoms with Crippen molar-refractivity contribution in [1.29, 1.82) is 0 Å². The highest BCUT2D eigenvalue weighted by atomic mass is 35.5. The van der Waals surface area contributed by atoms with Crippen molar-refractivity contribution in [2.75, 3.05) is 6.54 Å². The number of nitrogens with zero attached hydrogens (tertiary/aromatic N) is 2. The van der Waals surface area contributed by atoms with Crippen LogP contribution >= 0.6 is 11.6 Å². The predicted molar refractivity (Wildman–Crippen MR) is 141 cm³/mol. The second-order valence-electron chi connectivity index (χ2n) is 9.83. The number of pyridine rings is 1. The molecule has 1 aliphatic carbocycles. The van der Waals surface area contributed by atoms with Crippen LogP contribution in [0.15, 0.2) is 70.0 Å². The van der Waals surface area contributed by atoms with E-state index < -0.39 is 11.4 Å². The fourth-order valence-corrected chi connectivity index (χ4v) is 5.23. The van der Waals surface area contributed by atoms with Crippen LogP contribution in [0.5, 0.6) is 0 Å².